The third-order valence-corrected chi connectivity index (χ3v) is 4.84. The van der Waals surface area contributed by atoms with Gasteiger partial charge in [-0.15, -0.1) is 0 Å². The summed E-state index contributed by atoms with van der Waals surface area (Å²) in [5.41, 5.74) is 3.31. The van der Waals surface area contributed by atoms with Crippen molar-refractivity contribution in [2.24, 2.45) is 0 Å². The fourth-order valence-corrected chi connectivity index (χ4v) is 3.25. The standard InChI is InChI=1S/C23H27NO4/c1-23(2,3)18-10-12-19(13-11-18)27-16-22(26)28-15-21(25)24-14-6-8-17-7-4-5-9-20(17)24/h4-5,7,9-13H,6,8,14-16H2,1-3H3. The number of amides is 1. The van der Waals surface area contributed by atoms with Gasteiger partial charge in [0.15, 0.2) is 13.2 Å². The number of para-hydroxylation sites is 1. The minimum absolute atomic E-state index is 0.0604. The zero-order valence-corrected chi connectivity index (χ0v) is 16.7. The predicted molar refractivity (Wildman–Crippen MR) is 109 cm³/mol. The van der Waals surface area contributed by atoms with Crippen LogP contribution in [0.5, 0.6) is 5.75 Å². The highest BCUT2D eigenvalue weighted by Crippen LogP contribution is 2.27. The van der Waals surface area contributed by atoms with Gasteiger partial charge in [-0.1, -0.05) is 51.1 Å². The van der Waals surface area contributed by atoms with E-state index in [-0.39, 0.29) is 24.5 Å². The summed E-state index contributed by atoms with van der Waals surface area (Å²) in [6.07, 6.45) is 1.87. The third kappa shape index (κ3) is 4.91. The fraction of sp³-hybridized carbons (Fsp3) is 0.391. The maximum atomic E-state index is 12.5. The van der Waals surface area contributed by atoms with Crippen LogP contribution in [0.15, 0.2) is 48.5 Å². The fourth-order valence-electron chi connectivity index (χ4n) is 3.25. The molecule has 0 fully saturated rings. The lowest BCUT2D eigenvalue weighted by Gasteiger charge is -2.29. The Bertz CT molecular complexity index is 836. The van der Waals surface area contributed by atoms with Crippen molar-refractivity contribution in [1.29, 1.82) is 0 Å². The van der Waals surface area contributed by atoms with Gasteiger partial charge in [-0.25, -0.2) is 4.79 Å². The molecule has 0 unspecified atom stereocenters. The molecule has 0 saturated carbocycles. The van der Waals surface area contributed by atoms with Crippen LogP contribution in [0.3, 0.4) is 0 Å². The molecule has 5 nitrogen and oxygen atoms in total. The Morgan fingerprint density at radius 2 is 1.71 bits per heavy atom. The van der Waals surface area contributed by atoms with Crippen molar-refractivity contribution < 1.29 is 19.1 Å². The number of fused-ring (bicyclic) bond motifs is 1. The number of hydrogen-bond acceptors (Lipinski definition) is 4. The second-order valence-electron chi connectivity index (χ2n) is 8.00. The van der Waals surface area contributed by atoms with E-state index < -0.39 is 5.97 Å². The van der Waals surface area contributed by atoms with E-state index >= 15 is 0 Å². The van der Waals surface area contributed by atoms with Gasteiger partial charge in [-0.3, -0.25) is 4.79 Å². The summed E-state index contributed by atoms with van der Waals surface area (Å²) in [6, 6.07) is 15.5. The smallest absolute Gasteiger partial charge is 0.344 e. The number of nitrogens with zero attached hydrogens (tertiary/aromatic N) is 1. The van der Waals surface area contributed by atoms with Gasteiger partial charge in [-0.05, 0) is 47.6 Å². The summed E-state index contributed by atoms with van der Waals surface area (Å²) in [7, 11) is 0. The van der Waals surface area contributed by atoms with E-state index in [4.69, 9.17) is 9.47 Å². The maximum absolute atomic E-state index is 12.5. The van der Waals surface area contributed by atoms with Crippen LogP contribution < -0.4 is 9.64 Å². The molecule has 0 aromatic heterocycles. The Labute approximate surface area is 166 Å². The quantitative estimate of drug-likeness (QED) is 0.738. The van der Waals surface area contributed by atoms with Crippen molar-refractivity contribution in [1.82, 2.24) is 0 Å². The van der Waals surface area contributed by atoms with E-state index in [1.165, 1.54) is 5.56 Å². The van der Waals surface area contributed by atoms with Crippen LogP contribution in [0.25, 0.3) is 0 Å². The summed E-state index contributed by atoms with van der Waals surface area (Å²) in [5, 5.41) is 0. The number of carbonyl (C=O) groups excluding carboxylic acids is 2. The van der Waals surface area contributed by atoms with Crippen molar-refractivity contribution in [3.05, 3.63) is 59.7 Å². The van der Waals surface area contributed by atoms with E-state index in [2.05, 4.69) is 20.8 Å². The largest absolute Gasteiger partial charge is 0.482 e. The summed E-state index contributed by atoms with van der Waals surface area (Å²) in [5.74, 6) is -0.171. The summed E-state index contributed by atoms with van der Waals surface area (Å²) in [4.78, 5) is 26.1. The Hall–Kier alpha value is -2.82. The minimum atomic E-state index is -0.557. The van der Waals surface area contributed by atoms with Crippen LogP contribution in [-0.4, -0.2) is 31.6 Å². The second-order valence-corrected chi connectivity index (χ2v) is 8.00. The molecule has 2 aromatic rings. The highest BCUT2D eigenvalue weighted by Gasteiger charge is 2.23. The molecule has 3 rings (SSSR count). The highest BCUT2D eigenvalue weighted by atomic mass is 16.6. The lowest BCUT2D eigenvalue weighted by Crippen LogP contribution is -2.38. The number of ether oxygens (including phenoxy) is 2. The Balaban J connectivity index is 1.48. The molecule has 0 saturated heterocycles. The molecule has 0 bridgehead atoms. The molecule has 5 heteroatoms. The van der Waals surface area contributed by atoms with Gasteiger partial charge in [0.25, 0.3) is 5.91 Å². The first-order chi connectivity index (χ1) is 13.3. The first-order valence-corrected chi connectivity index (χ1v) is 9.62. The van der Waals surface area contributed by atoms with E-state index in [1.54, 1.807) is 4.90 Å². The average Bonchev–Trinajstić information content (AvgIpc) is 2.69. The molecular formula is C23H27NO4. The third-order valence-electron chi connectivity index (χ3n) is 4.84. The molecule has 1 aliphatic heterocycles. The van der Waals surface area contributed by atoms with Gasteiger partial charge in [-0.2, -0.15) is 0 Å². The zero-order chi connectivity index (χ0) is 20.1. The maximum Gasteiger partial charge on any atom is 0.344 e. The molecule has 2 aromatic carbocycles. The number of hydrogen-bond donors (Lipinski definition) is 0. The van der Waals surface area contributed by atoms with Gasteiger partial charge < -0.3 is 14.4 Å². The molecular weight excluding hydrogens is 354 g/mol. The number of benzene rings is 2. The van der Waals surface area contributed by atoms with Crippen LogP contribution in [-0.2, 0) is 26.2 Å². The number of aryl methyl sites for hydroxylation is 1. The molecule has 1 amide bonds. The first kappa shape index (κ1) is 19.9. The monoisotopic (exact) mass is 381 g/mol. The van der Waals surface area contributed by atoms with Crippen molar-refractivity contribution in [2.45, 2.75) is 39.0 Å². The van der Waals surface area contributed by atoms with Crippen molar-refractivity contribution in [3.63, 3.8) is 0 Å². The van der Waals surface area contributed by atoms with Crippen molar-refractivity contribution >= 4 is 17.6 Å². The van der Waals surface area contributed by atoms with Gasteiger partial charge in [0, 0.05) is 12.2 Å². The minimum Gasteiger partial charge on any atom is -0.482 e. The summed E-state index contributed by atoms with van der Waals surface area (Å²) in [6.45, 7) is 6.55. The molecule has 0 N–H and O–H groups in total. The number of rotatable bonds is 5. The second kappa shape index (κ2) is 8.46. The Kier molecular flexibility index (Phi) is 6.02. The molecule has 0 radical (unpaired) electrons. The van der Waals surface area contributed by atoms with Crippen LogP contribution >= 0.6 is 0 Å². The molecule has 148 valence electrons. The van der Waals surface area contributed by atoms with Crippen LogP contribution in [0, 0.1) is 0 Å². The first-order valence-electron chi connectivity index (χ1n) is 9.62. The number of esters is 1. The number of carbonyl (C=O) groups is 2. The Morgan fingerprint density at radius 1 is 1.00 bits per heavy atom. The summed E-state index contributed by atoms with van der Waals surface area (Å²) < 4.78 is 10.6. The van der Waals surface area contributed by atoms with Crippen molar-refractivity contribution in [3.8, 4) is 5.75 Å². The normalized spacial score (nSPS) is 13.6. The van der Waals surface area contributed by atoms with Crippen molar-refractivity contribution in [2.75, 3.05) is 24.7 Å². The van der Waals surface area contributed by atoms with Gasteiger partial charge in [0.1, 0.15) is 5.75 Å². The zero-order valence-electron chi connectivity index (χ0n) is 16.7. The molecule has 1 aliphatic rings. The van der Waals surface area contributed by atoms with Gasteiger partial charge >= 0.3 is 5.97 Å². The van der Waals surface area contributed by atoms with E-state index in [0.717, 1.165) is 24.1 Å². The van der Waals surface area contributed by atoms with Gasteiger partial charge in [0.2, 0.25) is 0 Å². The lowest BCUT2D eigenvalue weighted by atomic mass is 9.87. The topological polar surface area (TPSA) is 55.8 Å². The highest BCUT2D eigenvalue weighted by molar-refractivity contribution is 5.96. The average molecular weight is 381 g/mol. The van der Waals surface area contributed by atoms with E-state index in [0.29, 0.717) is 12.3 Å². The molecule has 0 aliphatic carbocycles. The SMILES string of the molecule is CC(C)(C)c1ccc(OCC(=O)OCC(=O)N2CCCc3ccccc32)cc1. The predicted octanol–water partition coefficient (Wildman–Crippen LogP) is 3.89. The molecule has 28 heavy (non-hydrogen) atoms. The van der Waals surface area contributed by atoms with Crippen LogP contribution in [0.1, 0.15) is 38.3 Å². The lowest BCUT2D eigenvalue weighted by molar-refractivity contribution is -0.149. The van der Waals surface area contributed by atoms with E-state index in [1.807, 2.05) is 48.5 Å². The molecule has 0 spiro atoms. The van der Waals surface area contributed by atoms with E-state index in [9.17, 15) is 9.59 Å². The van der Waals surface area contributed by atoms with Crippen LogP contribution in [0.4, 0.5) is 5.69 Å². The Morgan fingerprint density at radius 3 is 2.43 bits per heavy atom. The molecule has 0 atom stereocenters. The van der Waals surface area contributed by atoms with Gasteiger partial charge in [0.05, 0.1) is 0 Å². The number of anilines is 1. The summed E-state index contributed by atoms with van der Waals surface area (Å²) >= 11 is 0. The van der Waals surface area contributed by atoms with Crippen LogP contribution in [0.2, 0.25) is 0 Å². The molecule has 1 heterocycles.